The zero-order valence-corrected chi connectivity index (χ0v) is 19.6. The Bertz CT molecular complexity index is 840. The molecule has 6 nitrogen and oxygen atoms in total. The van der Waals surface area contributed by atoms with Crippen molar-refractivity contribution in [1.82, 2.24) is 15.4 Å². The molecule has 0 amide bonds. The molecular weight excluding hydrogens is 487 g/mol. The Balaban J connectivity index is 0.00000392. The van der Waals surface area contributed by atoms with Crippen LogP contribution in [0.15, 0.2) is 64.5 Å². The van der Waals surface area contributed by atoms with Crippen molar-refractivity contribution in [2.75, 3.05) is 26.7 Å². The van der Waals surface area contributed by atoms with Gasteiger partial charge in [-0.25, -0.2) is 13.1 Å². The Morgan fingerprint density at radius 2 is 1.64 bits per heavy atom. The third-order valence-electron chi connectivity index (χ3n) is 4.21. The molecule has 0 aliphatic rings. The van der Waals surface area contributed by atoms with E-state index in [0.717, 1.165) is 6.54 Å². The molecule has 154 valence electrons. The number of sulfonamides is 1. The molecule has 0 saturated carbocycles. The highest BCUT2D eigenvalue weighted by molar-refractivity contribution is 14.0. The van der Waals surface area contributed by atoms with E-state index in [-0.39, 0.29) is 35.4 Å². The van der Waals surface area contributed by atoms with E-state index in [9.17, 15) is 8.42 Å². The van der Waals surface area contributed by atoms with Crippen LogP contribution < -0.4 is 15.4 Å². The van der Waals surface area contributed by atoms with Crippen LogP contribution in [0.4, 0.5) is 0 Å². The lowest BCUT2D eigenvalue weighted by atomic mass is 10.0. The summed E-state index contributed by atoms with van der Waals surface area (Å²) in [7, 11) is -1.79. The standard InChI is InChI=1S/C20H28N4O2S.HI/c1-16-9-11-18(12-10-16)17(2)15-23-20(21-3)22-13-14-24-27(25,26)19-7-5-4-6-8-19;/h4-12,17,24H,13-15H2,1-3H3,(H2,21,22,23);1H. The minimum absolute atomic E-state index is 0. The summed E-state index contributed by atoms with van der Waals surface area (Å²) in [6.45, 7) is 5.66. The second kappa shape index (κ2) is 12.0. The van der Waals surface area contributed by atoms with Crippen LogP contribution in [0, 0.1) is 6.92 Å². The first-order valence-electron chi connectivity index (χ1n) is 8.98. The predicted octanol–water partition coefficient (Wildman–Crippen LogP) is 2.86. The summed E-state index contributed by atoms with van der Waals surface area (Å²) in [5.74, 6) is 0.980. The first-order chi connectivity index (χ1) is 12.9. The maximum atomic E-state index is 12.2. The smallest absolute Gasteiger partial charge is 0.240 e. The largest absolute Gasteiger partial charge is 0.356 e. The van der Waals surface area contributed by atoms with Crippen LogP contribution in [0.5, 0.6) is 0 Å². The SMILES string of the molecule is CN=C(NCCNS(=O)(=O)c1ccccc1)NCC(C)c1ccc(C)cc1.I. The van der Waals surface area contributed by atoms with Crippen LogP contribution in [0.3, 0.4) is 0 Å². The summed E-state index contributed by atoms with van der Waals surface area (Å²) >= 11 is 0. The lowest BCUT2D eigenvalue weighted by molar-refractivity contribution is 0.580. The first kappa shape index (κ1) is 24.4. The zero-order valence-electron chi connectivity index (χ0n) is 16.5. The van der Waals surface area contributed by atoms with Crippen molar-refractivity contribution in [3.05, 3.63) is 65.7 Å². The van der Waals surface area contributed by atoms with Gasteiger partial charge in [0.25, 0.3) is 0 Å². The van der Waals surface area contributed by atoms with Gasteiger partial charge in [-0.2, -0.15) is 0 Å². The number of nitrogens with zero attached hydrogens (tertiary/aromatic N) is 1. The van der Waals surface area contributed by atoms with Crippen molar-refractivity contribution >= 4 is 40.0 Å². The topological polar surface area (TPSA) is 82.6 Å². The van der Waals surface area contributed by atoms with Gasteiger partial charge in [0.05, 0.1) is 4.90 Å². The maximum absolute atomic E-state index is 12.2. The van der Waals surface area contributed by atoms with E-state index in [2.05, 4.69) is 58.5 Å². The Kier molecular flexibility index (Phi) is 10.5. The van der Waals surface area contributed by atoms with Crippen LogP contribution in [0.2, 0.25) is 0 Å². The fourth-order valence-corrected chi connectivity index (χ4v) is 3.59. The van der Waals surface area contributed by atoms with Crippen LogP contribution in [-0.4, -0.2) is 41.1 Å². The van der Waals surface area contributed by atoms with Gasteiger partial charge in [0.2, 0.25) is 10.0 Å². The van der Waals surface area contributed by atoms with Gasteiger partial charge in [-0.1, -0.05) is 55.0 Å². The zero-order chi connectivity index (χ0) is 19.7. The summed E-state index contributed by atoms with van der Waals surface area (Å²) in [6, 6.07) is 16.8. The molecule has 0 bridgehead atoms. The van der Waals surface area contributed by atoms with E-state index in [1.165, 1.54) is 11.1 Å². The van der Waals surface area contributed by atoms with E-state index < -0.39 is 10.0 Å². The first-order valence-corrected chi connectivity index (χ1v) is 10.5. The average Bonchev–Trinajstić information content (AvgIpc) is 2.68. The quantitative estimate of drug-likeness (QED) is 0.218. The van der Waals surface area contributed by atoms with Crippen LogP contribution in [0.1, 0.15) is 24.0 Å². The van der Waals surface area contributed by atoms with Gasteiger partial charge in [0, 0.05) is 26.7 Å². The molecule has 0 aliphatic heterocycles. The number of benzene rings is 2. The van der Waals surface area contributed by atoms with Crippen molar-refractivity contribution in [1.29, 1.82) is 0 Å². The lowest BCUT2D eigenvalue weighted by Crippen LogP contribution is -2.42. The highest BCUT2D eigenvalue weighted by Gasteiger charge is 2.12. The van der Waals surface area contributed by atoms with E-state index in [1.54, 1.807) is 37.4 Å². The van der Waals surface area contributed by atoms with Gasteiger partial charge in [0.15, 0.2) is 5.96 Å². The number of hydrogen-bond donors (Lipinski definition) is 3. The molecule has 2 rings (SSSR count). The normalized spacial score (nSPS) is 12.8. The van der Waals surface area contributed by atoms with Gasteiger partial charge in [0.1, 0.15) is 0 Å². The summed E-state index contributed by atoms with van der Waals surface area (Å²) in [5.41, 5.74) is 2.51. The molecule has 0 aliphatic carbocycles. The molecule has 0 saturated heterocycles. The third-order valence-corrected chi connectivity index (χ3v) is 5.69. The molecule has 0 aromatic heterocycles. The minimum Gasteiger partial charge on any atom is -0.356 e. The van der Waals surface area contributed by atoms with Gasteiger partial charge in [-0.05, 0) is 30.5 Å². The predicted molar refractivity (Wildman–Crippen MR) is 126 cm³/mol. The minimum atomic E-state index is -3.48. The summed E-state index contributed by atoms with van der Waals surface area (Å²) in [5, 5.41) is 6.39. The summed E-state index contributed by atoms with van der Waals surface area (Å²) < 4.78 is 26.9. The second-order valence-corrected chi connectivity index (χ2v) is 8.17. The highest BCUT2D eigenvalue weighted by atomic mass is 127. The molecule has 28 heavy (non-hydrogen) atoms. The Morgan fingerprint density at radius 3 is 2.25 bits per heavy atom. The van der Waals surface area contributed by atoms with Gasteiger partial charge in [-0.3, -0.25) is 4.99 Å². The summed E-state index contributed by atoms with van der Waals surface area (Å²) in [6.07, 6.45) is 0. The molecular formula is C20H29IN4O2S. The molecule has 3 N–H and O–H groups in total. The van der Waals surface area contributed by atoms with E-state index in [0.29, 0.717) is 18.4 Å². The van der Waals surface area contributed by atoms with Crippen LogP contribution >= 0.6 is 24.0 Å². The number of aliphatic imine (C=N–C) groups is 1. The maximum Gasteiger partial charge on any atom is 0.240 e. The summed E-state index contributed by atoms with van der Waals surface area (Å²) in [4.78, 5) is 4.44. The lowest BCUT2D eigenvalue weighted by Gasteiger charge is -2.17. The van der Waals surface area contributed by atoms with Crippen LogP contribution in [-0.2, 0) is 10.0 Å². The Labute approximate surface area is 185 Å². The number of rotatable bonds is 8. The molecule has 8 heteroatoms. The molecule has 1 atom stereocenters. The number of nitrogens with one attached hydrogen (secondary N) is 3. The number of halogens is 1. The average molecular weight is 516 g/mol. The van der Waals surface area contributed by atoms with E-state index in [4.69, 9.17) is 0 Å². The van der Waals surface area contributed by atoms with E-state index in [1.807, 2.05) is 0 Å². The molecule has 2 aromatic carbocycles. The van der Waals surface area contributed by atoms with Crippen molar-refractivity contribution in [2.45, 2.75) is 24.7 Å². The van der Waals surface area contributed by atoms with Crippen LogP contribution in [0.25, 0.3) is 0 Å². The molecule has 1 unspecified atom stereocenters. The van der Waals surface area contributed by atoms with Crippen molar-refractivity contribution < 1.29 is 8.42 Å². The molecule has 2 aromatic rings. The number of hydrogen-bond acceptors (Lipinski definition) is 3. The monoisotopic (exact) mass is 516 g/mol. The van der Waals surface area contributed by atoms with E-state index >= 15 is 0 Å². The number of guanidine groups is 1. The van der Waals surface area contributed by atoms with Gasteiger partial charge < -0.3 is 10.6 Å². The second-order valence-electron chi connectivity index (χ2n) is 6.40. The fourth-order valence-electron chi connectivity index (χ4n) is 2.53. The van der Waals surface area contributed by atoms with Crippen molar-refractivity contribution in [3.8, 4) is 0 Å². The van der Waals surface area contributed by atoms with Gasteiger partial charge >= 0.3 is 0 Å². The van der Waals surface area contributed by atoms with Crippen molar-refractivity contribution in [3.63, 3.8) is 0 Å². The van der Waals surface area contributed by atoms with Crippen molar-refractivity contribution in [2.24, 2.45) is 4.99 Å². The van der Waals surface area contributed by atoms with Gasteiger partial charge in [-0.15, -0.1) is 24.0 Å². The third kappa shape index (κ3) is 7.76. The molecule has 0 radical (unpaired) electrons. The highest BCUT2D eigenvalue weighted by Crippen LogP contribution is 2.14. The molecule has 0 fully saturated rings. The molecule has 0 heterocycles. The fraction of sp³-hybridized carbons (Fsp3) is 0.350. The Morgan fingerprint density at radius 1 is 1.00 bits per heavy atom. The molecule has 0 spiro atoms. The number of aryl methyl sites for hydroxylation is 1. The Hall–Kier alpha value is -1.65.